The van der Waals surface area contributed by atoms with Crippen LogP contribution in [0.4, 0.5) is 11.4 Å². The summed E-state index contributed by atoms with van der Waals surface area (Å²) in [5.74, 6) is -0.941. The third-order valence-corrected chi connectivity index (χ3v) is 3.63. The van der Waals surface area contributed by atoms with Crippen LogP contribution in [0.25, 0.3) is 10.9 Å². The fourth-order valence-electron chi connectivity index (χ4n) is 2.35. The second-order valence-corrected chi connectivity index (χ2v) is 5.42. The Morgan fingerprint density at radius 2 is 1.91 bits per heavy atom. The van der Waals surface area contributed by atoms with Crippen LogP contribution < -0.4 is 5.32 Å². The Bertz CT molecular complexity index is 860. The first-order chi connectivity index (χ1) is 10.5. The van der Waals surface area contributed by atoms with E-state index in [9.17, 15) is 4.79 Å². The van der Waals surface area contributed by atoms with Crippen LogP contribution in [0.3, 0.4) is 0 Å². The highest BCUT2D eigenvalue weighted by Crippen LogP contribution is 2.29. The van der Waals surface area contributed by atoms with E-state index >= 15 is 0 Å². The third kappa shape index (κ3) is 2.73. The summed E-state index contributed by atoms with van der Waals surface area (Å²) in [4.78, 5) is 15.3. The smallest absolute Gasteiger partial charge is 0.335 e. The van der Waals surface area contributed by atoms with Gasteiger partial charge in [-0.2, -0.15) is 0 Å². The number of nitrogens with one attached hydrogen (secondary N) is 1. The van der Waals surface area contributed by atoms with E-state index in [2.05, 4.69) is 10.3 Å². The molecule has 0 amide bonds. The fourth-order valence-corrected chi connectivity index (χ4v) is 2.62. The molecule has 0 aliphatic carbocycles. The molecule has 0 atom stereocenters. The van der Waals surface area contributed by atoms with Crippen molar-refractivity contribution in [3.63, 3.8) is 0 Å². The summed E-state index contributed by atoms with van der Waals surface area (Å²) in [5.41, 5.74) is 3.82. The number of nitrogens with zero attached hydrogens (tertiary/aromatic N) is 1. The lowest BCUT2D eigenvalue weighted by molar-refractivity contribution is 0.0697. The zero-order valence-corrected chi connectivity index (χ0v) is 12.6. The molecule has 1 aromatic heterocycles. The van der Waals surface area contributed by atoms with E-state index in [-0.39, 0.29) is 5.56 Å². The van der Waals surface area contributed by atoms with E-state index in [0.717, 1.165) is 27.8 Å². The molecule has 0 unspecified atom stereocenters. The van der Waals surface area contributed by atoms with Gasteiger partial charge in [-0.3, -0.25) is 4.98 Å². The first-order valence-corrected chi connectivity index (χ1v) is 7.07. The number of carbonyl (C=O) groups is 1. The molecule has 1 heterocycles. The number of benzene rings is 2. The molecule has 2 aromatic carbocycles. The molecule has 0 spiro atoms. The van der Waals surface area contributed by atoms with Crippen LogP contribution in [0, 0.1) is 6.92 Å². The number of hydrogen-bond acceptors (Lipinski definition) is 3. The first kappa shape index (κ1) is 14.4. The predicted molar refractivity (Wildman–Crippen MR) is 88.2 cm³/mol. The fraction of sp³-hybridized carbons (Fsp3) is 0.0588. The number of carboxylic acid groups (broad SMARTS) is 1. The Morgan fingerprint density at radius 1 is 1.18 bits per heavy atom. The summed E-state index contributed by atoms with van der Waals surface area (Å²) < 4.78 is 0. The lowest BCUT2D eigenvalue weighted by Crippen LogP contribution is -1.97. The molecular weight excluding hydrogens is 300 g/mol. The maximum atomic E-state index is 10.9. The van der Waals surface area contributed by atoms with Crippen molar-refractivity contribution in [1.29, 1.82) is 0 Å². The van der Waals surface area contributed by atoms with Crippen molar-refractivity contribution in [2.75, 3.05) is 5.32 Å². The number of rotatable bonds is 3. The molecule has 22 heavy (non-hydrogen) atoms. The summed E-state index contributed by atoms with van der Waals surface area (Å²) in [7, 11) is 0. The van der Waals surface area contributed by atoms with Gasteiger partial charge >= 0.3 is 5.97 Å². The molecule has 4 nitrogen and oxygen atoms in total. The Hall–Kier alpha value is -2.59. The number of carboxylic acids is 1. The van der Waals surface area contributed by atoms with Gasteiger partial charge in [0.05, 0.1) is 11.1 Å². The zero-order chi connectivity index (χ0) is 15.7. The average Bonchev–Trinajstić information content (AvgIpc) is 2.48. The van der Waals surface area contributed by atoms with Crippen LogP contribution in [0.15, 0.2) is 48.7 Å². The molecular formula is C17H13ClN2O2. The van der Waals surface area contributed by atoms with Crippen molar-refractivity contribution in [1.82, 2.24) is 4.98 Å². The topological polar surface area (TPSA) is 62.2 Å². The number of anilines is 2. The van der Waals surface area contributed by atoms with Crippen molar-refractivity contribution in [2.24, 2.45) is 0 Å². The van der Waals surface area contributed by atoms with E-state index < -0.39 is 5.97 Å². The summed E-state index contributed by atoms with van der Waals surface area (Å²) in [6.45, 7) is 1.96. The van der Waals surface area contributed by atoms with Gasteiger partial charge in [0.25, 0.3) is 0 Å². The lowest BCUT2D eigenvalue weighted by atomic mass is 10.1. The van der Waals surface area contributed by atoms with Crippen molar-refractivity contribution in [3.8, 4) is 0 Å². The molecule has 0 fully saturated rings. The lowest BCUT2D eigenvalue weighted by Gasteiger charge is -2.11. The Labute approximate surface area is 132 Å². The van der Waals surface area contributed by atoms with E-state index in [1.807, 2.05) is 25.1 Å². The highest BCUT2D eigenvalue weighted by molar-refractivity contribution is 6.31. The number of aryl methyl sites for hydroxylation is 1. The molecule has 0 radical (unpaired) electrons. The van der Waals surface area contributed by atoms with Crippen molar-refractivity contribution < 1.29 is 9.90 Å². The third-order valence-electron chi connectivity index (χ3n) is 3.41. The Morgan fingerprint density at radius 3 is 2.59 bits per heavy atom. The summed E-state index contributed by atoms with van der Waals surface area (Å²) in [6.07, 6.45) is 1.73. The SMILES string of the molecule is Cc1cc(Cl)cc2c(Nc3ccc(C(=O)O)cc3)ccnc12. The number of halogens is 1. The summed E-state index contributed by atoms with van der Waals surface area (Å²) in [5, 5.41) is 13.8. The van der Waals surface area contributed by atoms with Crippen molar-refractivity contribution in [3.05, 3.63) is 64.8 Å². The van der Waals surface area contributed by atoms with Crippen LogP contribution in [-0.4, -0.2) is 16.1 Å². The number of hydrogen-bond donors (Lipinski definition) is 2. The van der Waals surface area contributed by atoms with Gasteiger partial charge in [0.15, 0.2) is 0 Å². The minimum atomic E-state index is -0.941. The highest BCUT2D eigenvalue weighted by Gasteiger charge is 2.07. The number of aromatic nitrogens is 1. The molecule has 110 valence electrons. The van der Waals surface area contributed by atoms with Gasteiger partial charge in [0.2, 0.25) is 0 Å². The van der Waals surface area contributed by atoms with Gasteiger partial charge < -0.3 is 10.4 Å². The van der Waals surface area contributed by atoms with Crippen molar-refractivity contribution >= 4 is 39.8 Å². The molecule has 0 aliphatic rings. The monoisotopic (exact) mass is 312 g/mol. The Balaban J connectivity index is 2.02. The minimum Gasteiger partial charge on any atom is -0.478 e. The number of pyridine rings is 1. The summed E-state index contributed by atoms with van der Waals surface area (Å²) >= 11 is 6.13. The van der Waals surface area contributed by atoms with E-state index in [1.54, 1.807) is 30.5 Å². The maximum Gasteiger partial charge on any atom is 0.335 e. The van der Waals surface area contributed by atoms with Gasteiger partial charge in [-0.05, 0) is 55.0 Å². The standard InChI is InChI=1S/C17H13ClN2O2/c1-10-8-12(18)9-14-15(6-7-19-16(10)14)20-13-4-2-11(3-5-13)17(21)22/h2-9H,1H3,(H,19,20)(H,21,22). The molecule has 0 aliphatic heterocycles. The second-order valence-electron chi connectivity index (χ2n) is 4.98. The van der Waals surface area contributed by atoms with Gasteiger partial charge in [0, 0.05) is 28.0 Å². The Kier molecular flexibility index (Phi) is 3.69. The van der Waals surface area contributed by atoms with Gasteiger partial charge in [-0.1, -0.05) is 11.6 Å². The summed E-state index contributed by atoms with van der Waals surface area (Å²) in [6, 6.07) is 12.2. The zero-order valence-electron chi connectivity index (χ0n) is 11.8. The van der Waals surface area contributed by atoms with Gasteiger partial charge in [0.1, 0.15) is 0 Å². The molecule has 0 saturated carbocycles. The predicted octanol–water partition coefficient (Wildman–Crippen LogP) is 4.64. The van der Waals surface area contributed by atoms with Crippen LogP contribution in [0.5, 0.6) is 0 Å². The molecule has 5 heteroatoms. The average molecular weight is 313 g/mol. The van der Waals surface area contributed by atoms with Crippen LogP contribution >= 0.6 is 11.6 Å². The van der Waals surface area contributed by atoms with Crippen LogP contribution in [0.2, 0.25) is 5.02 Å². The van der Waals surface area contributed by atoms with Gasteiger partial charge in [-0.15, -0.1) is 0 Å². The normalized spacial score (nSPS) is 10.6. The second kappa shape index (κ2) is 5.66. The van der Waals surface area contributed by atoms with E-state index in [4.69, 9.17) is 16.7 Å². The molecule has 0 bridgehead atoms. The number of aromatic carboxylic acids is 1. The molecule has 2 N–H and O–H groups in total. The largest absolute Gasteiger partial charge is 0.478 e. The van der Waals surface area contributed by atoms with E-state index in [1.165, 1.54) is 0 Å². The number of fused-ring (bicyclic) bond motifs is 1. The van der Waals surface area contributed by atoms with Crippen LogP contribution in [0.1, 0.15) is 15.9 Å². The first-order valence-electron chi connectivity index (χ1n) is 6.70. The quantitative estimate of drug-likeness (QED) is 0.739. The van der Waals surface area contributed by atoms with Gasteiger partial charge in [-0.25, -0.2) is 4.79 Å². The molecule has 3 aromatic rings. The maximum absolute atomic E-state index is 10.9. The highest BCUT2D eigenvalue weighted by atomic mass is 35.5. The molecule has 3 rings (SSSR count). The van der Waals surface area contributed by atoms with Crippen LogP contribution in [-0.2, 0) is 0 Å². The molecule has 0 saturated heterocycles. The van der Waals surface area contributed by atoms with E-state index in [0.29, 0.717) is 5.02 Å². The van der Waals surface area contributed by atoms with Crippen molar-refractivity contribution in [2.45, 2.75) is 6.92 Å². The minimum absolute atomic E-state index is 0.254.